The summed E-state index contributed by atoms with van der Waals surface area (Å²) < 4.78 is 0. The van der Waals surface area contributed by atoms with Crippen LogP contribution in [0.5, 0.6) is 0 Å². The van der Waals surface area contributed by atoms with Gasteiger partial charge in [-0.2, -0.15) is 0 Å². The molecule has 1 heteroatoms. The van der Waals surface area contributed by atoms with Gasteiger partial charge >= 0.3 is 0 Å². The summed E-state index contributed by atoms with van der Waals surface area (Å²) in [6, 6.07) is 8.92. The topological polar surface area (TPSA) is 3.24 Å². The summed E-state index contributed by atoms with van der Waals surface area (Å²) in [5, 5.41) is 0. The van der Waals surface area contributed by atoms with Crippen LogP contribution < -0.4 is 0 Å². The van der Waals surface area contributed by atoms with Gasteiger partial charge in [-0.1, -0.05) is 126 Å². The number of rotatable bonds is 12. The van der Waals surface area contributed by atoms with Gasteiger partial charge in [0.25, 0.3) is 0 Å². The molecule has 188 valence electrons. The van der Waals surface area contributed by atoms with E-state index in [-0.39, 0.29) is 10.8 Å². The molecule has 1 aromatic carbocycles. The van der Waals surface area contributed by atoms with Gasteiger partial charge in [0, 0.05) is 27.9 Å². The van der Waals surface area contributed by atoms with E-state index in [0.29, 0.717) is 0 Å². The van der Waals surface area contributed by atoms with Crippen LogP contribution >= 0.6 is 0 Å². The lowest BCUT2D eigenvalue weighted by atomic mass is 9.75. The van der Waals surface area contributed by atoms with Crippen LogP contribution in [0.15, 0.2) is 121 Å². The molecule has 0 atom stereocenters. The Morgan fingerprint density at radius 2 is 1.26 bits per heavy atom. The smallest absolute Gasteiger partial charge is 0.0380 e. The van der Waals surface area contributed by atoms with Crippen molar-refractivity contribution in [3.05, 3.63) is 132 Å². The highest BCUT2D eigenvalue weighted by molar-refractivity contribution is 5.39. The van der Waals surface area contributed by atoms with Crippen molar-refractivity contribution in [3.8, 4) is 0 Å². The van der Waals surface area contributed by atoms with Gasteiger partial charge < -0.3 is 4.90 Å². The van der Waals surface area contributed by atoms with E-state index in [1.165, 1.54) is 27.8 Å². The fourth-order valence-electron chi connectivity index (χ4n) is 4.02. The standard InChI is InChI=1S/C34H47N/c1-14-28(7)35(29(8)15-2)30(9)21-19-26(5)33(10,11)27(6)20-24-31(16-3)34(12,13)32-22-17-25(4)18-23-32/h14-15,17-24H,1-2,7-8,16H2,3-6,9-13H3/b26-19+,27-20+,30-21+,31-24+. The maximum absolute atomic E-state index is 4.08. The lowest BCUT2D eigenvalue weighted by Crippen LogP contribution is -2.20. The maximum Gasteiger partial charge on any atom is 0.0380 e. The average Bonchev–Trinajstić information content (AvgIpc) is 2.82. The molecule has 0 N–H and O–H groups in total. The molecule has 0 aliphatic carbocycles. The van der Waals surface area contributed by atoms with Crippen LogP contribution in [0.2, 0.25) is 0 Å². The quantitative estimate of drug-likeness (QED) is 0.275. The number of nitrogens with zero attached hydrogens (tertiary/aromatic N) is 1. The highest BCUT2D eigenvalue weighted by atomic mass is 15.1. The molecular weight excluding hydrogens is 422 g/mol. The Morgan fingerprint density at radius 3 is 1.69 bits per heavy atom. The molecule has 0 saturated carbocycles. The van der Waals surface area contributed by atoms with Crippen molar-refractivity contribution in [2.24, 2.45) is 5.41 Å². The predicted molar refractivity (Wildman–Crippen MR) is 158 cm³/mol. The van der Waals surface area contributed by atoms with E-state index < -0.39 is 0 Å². The van der Waals surface area contributed by atoms with Gasteiger partial charge in [0.15, 0.2) is 0 Å². The first-order valence-corrected chi connectivity index (χ1v) is 12.5. The van der Waals surface area contributed by atoms with Crippen LogP contribution in [0.3, 0.4) is 0 Å². The minimum Gasteiger partial charge on any atom is -0.316 e. The largest absolute Gasteiger partial charge is 0.316 e. The molecule has 0 aromatic heterocycles. The second-order valence-corrected chi connectivity index (χ2v) is 10.4. The van der Waals surface area contributed by atoms with E-state index in [9.17, 15) is 0 Å². The number of aryl methyl sites for hydroxylation is 1. The maximum atomic E-state index is 4.08. The van der Waals surface area contributed by atoms with Gasteiger partial charge in [-0.25, -0.2) is 0 Å². The Labute approximate surface area is 216 Å². The third-order valence-corrected chi connectivity index (χ3v) is 7.44. The van der Waals surface area contributed by atoms with Gasteiger partial charge in [0.05, 0.1) is 0 Å². The average molecular weight is 470 g/mol. The lowest BCUT2D eigenvalue weighted by molar-refractivity contribution is 0.536. The van der Waals surface area contributed by atoms with Gasteiger partial charge in [0.1, 0.15) is 0 Å². The number of hydrogen-bond acceptors (Lipinski definition) is 1. The van der Waals surface area contributed by atoms with Crippen molar-refractivity contribution < 1.29 is 0 Å². The summed E-state index contributed by atoms with van der Waals surface area (Å²) >= 11 is 0. The summed E-state index contributed by atoms with van der Waals surface area (Å²) in [6.45, 7) is 35.9. The van der Waals surface area contributed by atoms with Crippen LogP contribution in [0.4, 0.5) is 0 Å². The molecule has 1 nitrogen and oxygen atoms in total. The molecule has 0 aliphatic heterocycles. The molecular formula is C34H47N. The first-order chi connectivity index (χ1) is 16.2. The first kappa shape index (κ1) is 30.0. The summed E-state index contributed by atoms with van der Waals surface area (Å²) in [6.07, 6.45) is 13.4. The van der Waals surface area contributed by atoms with Crippen LogP contribution in [0, 0.1) is 12.3 Å². The van der Waals surface area contributed by atoms with Crippen molar-refractivity contribution in [1.82, 2.24) is 4.90 Å². The molecule has 0 bridgehead atoms. The summed E-state index contributed by atoms with van der Waals surface area (Å²) in [7, 11) is 0. The molecule has 0 aliphatic rings. The van der Waals surface area contributed by atoms with Gasteiger partial charge in [-0.3, -0.25) is 0 Å². The van der Waals surface area contributed by atoms with Crippen molar-refractivity contribution in [3.63, 3.8) is 0 Å². The van der Waals surface area contributed by atoms with E-state index in [1.807, 2.05) is 11.8 Å². The van der Waals surface area contributed by atoms with Crippen LogP contribution in [-0.4, -0.2) is 4.90 Å². The Bertz CT molecular complexity index is 1040. The van der Waals surface area contributed by atoms with E-state index in [0.717, 1.165) is 23.5 Å². The number of hydrogen-bond donors (Lipinski definition) is 0. The van der Waals surface area contributed by atoms with Crippen molar-refractivity contribution in [2.45, 2.75) is 74.1 Å². The normalized spacial score (nSPS) is 14.0. The molecule has 0 spiro atoms. The number of benzene rings is 1. The minimum absolute atomic E-state index is 0.0152. The van der Waals surface area contributed by atoms with E-state index in [2.05, 4.69) is 130 Å². The Morgan fingerprint density at radius 1 is 0.800 bits per heavy atom. The summed E-state index contributed by atoms with van der Waals surface area (Å²) in [5.41, 5.74) is 9.14. The zero-order valence-electron chi connectivity index (χ0n) is 23.8. The molecule has 0 radical (unpaired) electrons. The van der Waals surface area contributed by atoms with Gasteiger partial charge in [-0.15, -0.1) is 0 Å². The van der Waals surface area contributed by atoms with Crippen LogP contribution in [0.1, 0.15) is 72.9 Å². The fraction of sp³-hybridized carbons (Fsp3) is 0.353. The molecule has 0 heterocycles. The second-order valence-electron chi connectivity index (χ2n) is 10.4. The Balaban J connectivity index is 3.29. The third kappa shape index (κ3) is 7.46. The van der Waals surface area contributed by atoms with Crippen molar-refractivity contribution in [1.29, 1.82) is 0 Å². The van der Waals surface area contributed by atoms with Gasteiger partial charge in [-0.05, 0) is 57.9 Å². The first-order valence-electron chi connectivity index (χ1n) is 12.5. The van der Waals surface area contributed by atoms with Crippen molar-refractivity contribution in [2.75, 3.05) is 0 Å². The lowest BCUT2D eigenvalue weighted by Gasteiger charge is -2.30. The molecule has 1 aromatic rings. The van der Waals surface area contributed by atoms with Crippen molar-refractivity contribution >= 4 is 0 Å². The van der Waals surface area contributed by atoms with Gasteiger partial charge in [0.2, 0.25) is 0 Å². The molecule has 35 heavy (non-hydrogen) atoms. The highest BCUT2D eigenvalue weighted by Gasteiger charge is 2.25. The SMILES string of the molecule is C=CC(=C)N(C(=C)C=C)/C(C)=C/C=C(\C)C(C)(C)/C(C)=C/C=C(\CC)C(C)(C)c1ccc(C)cc1. The van der Waals surface area contributed by atoms with E-state index >= 15 is 0 Å². The second kappa shape index (κ2) is 12.6. The minimum atomic E-state index is -0.0874. The number of allylic oxidation sites excluding steroid dienone is 10. The zero-order chi connectivity index (χ0) is 27.0. The fourth-order valence-corrected chi connectivity index (χ4v) is 4.02. The zero-order valence-corrected chi connectivity index (χ0v) is 23.8. The Kier molecular flexibility index (Phi) is 10.8. The van der Waals surface area contributed by atoms with E-state index in [1.54, 1.807) is 12.2 Å². The molecule has 0 fully saturated rings. The predicted octanol–water partition coefficient (Wildman–Crippen LogP) is 10.1. The molecule has 0 unspecified atom stereocenters. The monoisotopic (exact) mass is 469 g/mol. The van der Waals surface area contributed by atoms with Crippen LogP contribution in [-0.2, 0) is 5.41 Å². The van der Waals surface area contributed by atoms with Crippen LogP contribution in [0.25, 0.3) is 0 Å². The summed E-state index contributed by atoms with van der Waals surface area (Å²) in [5.74, 6) is 0. The third-order valence-electron chi connectivity index (χ3n) is 7.44. The Hall–Kier alpha value is -3.06. The highest BCUT2D eigenvalue weighted by Crippen LogP contribution is 2.37. The molecule has 0 saturated heterocycles. The van der Waals surface area contributed by atoms with E-state index in [4.69, 9.17) is 0 Å². The molecule has 0 amide bonds. The summed E-state index contributed by atoms with van der Waals surface area (Å²) in [4.78, 5) is 1.96. The molecule has 1 rings (SSSR count).